The first kappa shape index (κ1) is 15.8. The van der Waals surface area contributed by atoms with Gasteiger partial charge in [0.2, 0.25) is 0 Å². The van der Waals surface area contributed by atoms with Crippen LogP contribution < -0.4 is 9.47 Å². The number of rotatable bonds is 5. The molecule has 3 aromatic rings. The first-order chi connectivity index (χ1) is 11.7. The predicted molar refractivity (Wildman–Crippen MR) is 94.2 cm³/mol. The van der Waals surface area contributed by atoms with Crippen molar-refractivity contribution in [3.63, 3.8) is 0 Å². The van der Waals surface area contributed by atoms with Gasteiger partial charge in [0, 0.05) is 0 Å². The van der Waals surface area contributed by atoms with Crippen LogP contribution in [0.5, 0.6) is 11.5 Å². The van der Waals surface area contributed by atoms with Crippen molar-refractivity contribution in [2.45, 2.75) is 6.92 Å². The maximum atomic E-state index is 11.8. The molecule has 0 unspecified atom stereocenters. The van der Waals surface area contributed by atoms with Crippen molar-refractivity contribution in [3.8, 4) is 22.6 Å². The smallest absolute Gasteiger partial charge is 0.349 e. The third-order valence-electron chi connectivity index (χ3n) is 3.57. The molecule has 0 spiro atoms. The summed E-state index contributed by atoms with van der Waals surface area (Å²) in [6.45, 7) is 1.85. The van der Waals surface area contributed by atoms with E-state index in [0.29, 0.717) is 11.5 Å². The van der Waals surface area contributed by atoms with Gasteiger partial charge in [0.25, 0.3) is 0 Å². The van der Waals surface area contributed by atoms with Gasteiger partial charge < -0.3 is 9.47 Å². The Balaban J connectivity index is 1.54. The second-order valence-electron chi connectivity index (χ2n) is 5.47. The Labute approximate surface area is 141 Å². The molecular weight excluding hydrogens is 300 g/mol. The van der Waals surface area contributed by atoms with Crippen LogP contribution in [0.3, 0.4) is 0 Å². The van der Waals surface area contributed by atoms with Crippen LogP contribution in [0.25, 0.3) is 11.1 Å². The molecule has 0 radical (unpaired) electrons. The second-order valence-corrected chi connectivity index (χ2v) is 5.47. The summed E-state index contributed by atoms with van der Waals surface area (Å²) in [6, 6.07) is 25.0. The monoisotopic (exact) mass is 318 g/mol. The predicted octanol–water partition coefficient (Wildman–Crippen LogP) is 4.65. The molecule has 0 N–H and O–H groups in total. The fourth-order valence-corrected chi connectivity index (χ4v) is 2.28. The Hall–Kier alpha value is -3.07. The van der Waals surface area contributed by atoms with Gasteiger partial charge in [-0.25, -0.2) is 4.79 Å². The lowest BCUT2D eigenvalue weighted by Gasteiger charge is -2.08. The molecule has 0 saturated carbocycles. The Morgan fingerprint density at radius 3 is 2.00 bits per heavy atom. The molecule has 3 heteroatoms. The van der Waals surface area contributed by atoms with Crippen LogP contribution in [-0.4, -0.2) is 12.6 Å². The first-order valence-corrected chi connectivity index (χ1v) is 7.76. The van der Waals surface area contributed by atoms with Crippen LogP contribution in [0.1, 0.15) is 5.56 Å². The maximum absolute atomic E-state index is 11.8. The molecule has 0 heterocycles. The summed E-state index contributed by atoms with van der Waals surface area (Å²) < 4.78 is 10.7. The van der Waals surface area contributed by atoms with Crippen LogP contribution in [0, 0.1) is 6.92 Å². The van der Waals surface area contributed by atoms with Crippen LogP contribution >= 0.6 is 0 Å². The van der Waals surface area contributed by atoms with Gasteiger partial charge in [-0.05, 0) is 42.3 Å². The highest BCUT2D eigenvalue weighted by Gasteiger charge is 2.06. The first-order valence-electron chi connectivity index (χ1n) is 7.76. The zero-order chi connectivity index (χ0) is 16.8. The molecule has 0 fully saturated rings. The molecule has 0 aliphatic rings. The molecule has 120 valence electrons. The van der Waals surface area contributed by atoms with Crippen LogP contribution in [-0.2, 0) is 4.79 Å². The number of hydrogen-bond acceptors (Lipinski definition) is 3. The highest BCUT2D eigenvalue weighted by atomic mass is 16.6. The van der Waals surface area contributed by atoms with E-state index in [4.69, 9.17) is 9.47 Å². The van der Waals surface area contributed by atoms with Crippen molar-refractivity contribution in [2.75, 3.05) is 6.61 Å². The van der Waals surface area contributed by atoms with Crippen molar-refractivity contribution in [3.05, 3.63) is 84.4 Å². The summed E-state index contributed by atoms with van der Waals surface area (Å²) in [5, 5.41) is 0. The van der Waals surface area contributed by atoms with E-state index < -0.39 is 5.97 Å². The minimum absolute atomic E-state index is 0.126. The van der Waals surface area contributed by atoms with E-state index in [2.05, 4.69) is 12.1 Å². The van der Waals surface area contributed by atoms with E-state index in [1.807, 2.05) is 61.5 Å². The molecule has 3 nitrogen and oxygen atoms in total. The number of aryl methyl sites for hydroxylation is 1. The summed E-state index contributed by atoms with van der Waals surface area (Å²) in [5.74, 6) is 0.732. The van der Waals surface area contributed by atoms with E-state index in [-0.39, 0.29) is 6.61 Å². The Bertz CT molecular complexity index is 791. The molecule has 0 atom stereocenters. The van der Waals surface area contributed by atoms with Gasteiger partial charge in [0.1, 0.15) is 11.5 Å². The van der Waals surface area contributed by atoms with Crippen molar-refractivity contribution >= 4 is 5.97 Å². The highest BCUT2D eigenvalue weighted by molar-refractivity contribution is 5.74. The number of esters is 1. The molecule has 0 amide bonds. The van der Waals surface area contributed by atoms with Crippen LogP contribution in [0.4, 0.5) is 0 Å². The van der Waals surface area contributed by atoms with E-state index in [1.54, 1.807) is 12.1 Å². The fourth-order valence-electron chi connectivity index (χ4n) is 2.28. The standard InChI is InChI=1S/C21H18O3/c1-16-7-11-20(12-8-16)24-21(22)15-23-19-13-9-18(10-14-19)17-5-3-2-4-6-17/h2-14H,15H2,1H3. The summed E-state index contributed by atoms with van der Waals surface area (Å²) in [6.07, 6.45) is 0. The number of benzene rings is 3. The average molecular weight is 318 g/mol. The van der Waals surface area contributed by atoms with Crippen LogP contribution in [0.2, 0.25) is 0 Å². The lowest BCUT2D eigenvalue weighted by molar-refractivity contribution is -0.136. The molecule has 24 heavy (non-hydrogen) atoms. The summed E-state index contributed by atoms with van der Waals surface area (Å²) in [7, 11) is 0. The molecule has 0 saturated heterocycles. The van der Waals surface area contributed by atoms with Crippen molar-refractivity contribution in [1.29, 1.82) is 0 Å². The second kappa shape index (κ2) is 7.47. The SMILES string of the molecule is Cc1ccc(OC(=O)COc2ccc(-c3ccccc3)cc2)cc1. The van der Waals surface area contributed by atoms with E-state index in [1.165, 1.54) is 0 Å². The molecular formula is C21H18O3. The van der Waals surface area contributed by atoms with Crippen molar-refractivity contribution in [2.24, 2.45) is 0 Å². The Morgan fingerprint density at radius 1 is 0.750 bits per heavy atom. The van der Waals surface area contributed by atoms with Crippen molar-refractivity contribution in [1.82, 2.24) is 0 Å². The molecule has 3 rings (SSSR count). The minimum atomic E-state index is -0.425. The number of carbonyl (C=O) groups is 1. The minimum Gasteiger partial charge on any atom is -0.482 e. The molecule has 0 aromatic heterocycles. The Morgan fingerprint density at radius 2 is 1.33 bits per heavy atom. The van der Waals surface area contributed by atoms with Gasteiger partial charge in [-0.1, -0.05) is 60.2 Å². The third kappa shape index (κ3) is 4.23. The molecule has 0 aliphatic heterocycles. The zero-order valence-corrected chi connectivity index (χ0v) is 13.4. The highest BCUT2D eigenvalue weighted by Crippen LogP contribution is 2.22. The van der Waals surface area contributed by atoms with Gasteiger partial charge in [0.15, 0.2) is 6.61 Å². The maximum Gasteiger partial charge on any atom is 0.349 e. The summed E-state index contributed by atoms with van der Waals surface area (Å²) in [5.41, 5.74) is 3.36. The largest absolute Gasteiger partial charge is 0.482 e. The topological polar surface area (TPSA) is 35.5 Å². The molecule has 3 aromatic carbocycles. The summed E-state index contributed by atoms with van der Waals surface area (Å²) in [4.78, 5) is 11.8. The van der Waals surface area contributed by atoms with Crippen molar-refractivity contribution < 1.29 is 14.3 Å². The third-order valence-corrected chi connectivity index (χ3v) is 3.57. The normalized spacial score (nSPS) is 10.2. The molecule has 0 bridgehead atoms. The number of carbonyl (C=O) groups excluding carboxylic acids is 1. The number of ether oxygens (including phenoxy) is 2. The fraction of sp³-hybridized carbons (Fsp3) is 0.0952. The van der Waals surface area contributed by atoms with Gasteiger partial charge in [-0.3, -0.25) is 0 Å². The average Bonchev–Trinajstić information content (AvgIpc) is 2.63. The van der Waals surface area contributed by atoms with Gasteiger partial charge in [-0.2, -0.15) is 0 Å². The van der Waals surface area contributed by atoms with Crippen LogP contribution in [0.15, 0.2) is 78.9 Å². The number of hydrogen-bond donors (Lipinski definition) is 0. The lowest BCUT2D eigenvalue weighted by Crippen LogP contribution is -2.17. The summed E-state index contributed by atoms with van der Waals surface area (Å²) >= 11 is 0. The Kier molecular flexibility index (Phi) is 4.92. The van der Waals surface area contributed by atoms with E-state index >= 15 is 0 Å². The lowest BCUT2D eigenvalue weighted by atomic mass is 10.1. The van der Waals surface area contributed by atoms with Gasteiger partial charge >= 0.3 is 5.97 Å². The zero-order valence-electron chi connectivity index (χ0n) is 13.4. The van der Waals surface area contributed by atoms with E-state index in [9.17, 15) is 4.79 Å². The van der Waals surface area contributed by atoms with Gasteiger partial charge in [0.05, 0.1) is 0 Å². The molecule has 0 aliphatic carbocycles. The van der Waals surface area contributed by atoms with Gasteiger partial charge in [-0.15, -0.1) is 0 Å². The van der Waals surface area contributed by atoms with E-state index in [0.717, 1.165) is 16.7 Å². The quantitative estimate of drug-likeness (QED) is 0.507.